The highest BCUT2D eigenvalue weighted by Gasteiger charge is 2.30. The fraction of sp³-hybridized carbons (Fsp3) is 0.562. The van der Waals surface area contributed by atoms with E-state index >= 15 is 0 Å². The normalized spacial score (nSPS) is 18.0. The van der Waals surface area contributed by atoms with Crippen molar-refractivity contribution in [2.75, 3.05) is 13.1 Å². The van der Waals surface area contributed by atoms with Gasteiger partial charge in [-0.15, -0.1) is 0 Å². The number of azide groups is 1. The first-order chi connectivity index (χ1) is 11.9. The maximum absolute atomic E-state index is 12.4. The molecule has 0 aliphatic carbocycles. The number of rotatable bonds is 2. The lowest BCUT2D eigenvalue weighted by atomic mass is 10.1. The molecular formula is C16H21N7O2. The van der Waals surface area contributed by atoms with Crippen LogP contribution < -0.4 is 0 Å². The molecular weight excluding hydrogens is 322 g/mol. The number of likely N-dealkylation sites (tertiary alicyclic amines) is 1. The number of piperidine rings is 1. The summed E-state index contributed by atoms with van der Waals surface area (Å²) < 4.78 is 7.35. The highest BCUT2D eigenvalue weighted by atomic mass is 16.6. The molecule has 0 spiro atoms. The maximum atomic E-state index is 12.4. The van der Waals surface area contributed by atoms with Gasteiger partial charge in [-0.2, -0.15) is 0 Å². The van der Waals surface area contributed by atoms with Gasteiger partial charge >= 0.3 is 6.09 Å². The Labute approximate surface area is 145 Å². The molecule has 1 unspecified atom stereocenters. The second-order valence-electron chi connectivity index (χ2n) is 7.06. The monoisotopic (exact) mass is 343 g/mol. The SMILES string of the molecule is CC(C)(C)OC(=O)N1CCCC(n2c(N=[N+]=[N-])nc3ccncc32)C1. The second-order valence-corrected chi connectivity index (χ2v) is 7.06. The number of carbonyl (C=O) groups excluding carboxylic acids is 1. The Kier molecular flexibility index (Phi) is 4.50. The first-order valence-electron chi connectivity index (χ1n) is 8.24. The molecule has 1 fully saturated rings. The Balaban J connectivity index is 1.91. The molecule has 3 heterocycles. The molecule has 9 heteroatoms. The summed E-state index contributed by atoms with van der Waals surface area (Å²) in [5.74, 6) is 0.293. The summed E-state index contributed by atoms with van der Waals surface area (Å²) in [6, 6.07) is 1.73. The van der Waals surface area contributed by atoms with E-state index in [1.807, 2.05) is 25.3 Å². The summed E-state index contributed by atoms with van der Waals surface area (Å²) >= 11 is 0. The molecule has 0 saturated carbocycles. The molecule has 0 bridgehead atoms. The Morgan fingerprint density at radius 1 is 1.48 bits per heavy atom. The van der Waals surface area contributed by atoms with Gasteiger partial charge in [0.2, 0.25) is 0 Å². The first kappa shape index (κ1) is 17.0. The summed E-state index contributed by atoms with van der Waals surface area (Å²) in [6.07, 6.45) is 4.70. The third-order valence-electron chi connectivity index (χ3n) is 4.02. The van der Waals surface area contributed by atoms with Crippen LogP contribution in [0.5, 0.6) is 0 Å². The zero-order chi connectivity index (χ0) is 18.0. The minimum Gasteiger partial charge on any atom is -0.444 e. The van der Waals surface area contributed by atoms with Crippen molar-refractivity contribution in [2.24, 2.45) is 5.11 Å². The summed E-state index contributed by atoms with van der Waals surface area (Å²) in [5.41, 5.74) is 9.81. The van der Waals surface area contributed by atoms with Crippen LogP contribution in [0.15, 0.2) is 23.6 Å². The molecule has 2 aromatic heterocycles. The van der Waals surface area contributed by atoms with Crippen molar-refractivity contribution in [3.63, 3.8) is 0 Å². The Morgan fingerprint density at radius 2 is 2.28 bits per heavy atom. The predicted octanol–water partition coefficient (Wildman–Crippen LogP) is 3.95. The van der Waals surface area contributed by atoms with Crippen LogP contribution in [0.25, 0.3) is 21.5 Å². The number of hydrogen-bond acceptors (Lipinski definition) is 5. The lowest BCUT2D eigenvalue weighted by molar-refractivity contribution is 0.0175. The van der Waals surface area contributed by atoms with E-state index in [1.54, 1.807) is 23.4 Å². The Morgan fingerprint density at radius 3 is 3.00 bits per heavy atom. The van der Waals surface area contributed by atoms with E-state index in [2.05, 4.69) is 20.0 Å². The van der Waals surface area contributed by atoms with Crippen molar-refractivity contribution >= 4 is 23.1 Å². The van der Waals surface area contributed by atoms with Crippen LogP contribution in [0.3, 0.4) is 0 Å². The summed E-state index contributed by atoms with van der Waals surface area (Å²) in [7, 11) is 0. The van der Waals surface area contributed by atoms with Crippen molar-refractivity contribution in [3.8, 4) is 0 Å². The number of amides is 1. The highest BCUT2D eigenvalue weighted by Crippen LogP contribution is 2.31. The third-order valence-corrected chi connectivity index (χ3v) is 4.02. The fourth-order valence-corrected chi connectivity index (χ4v) is 3.06. The average molecular weight is 343 g/mol. The zero-order valence-corrected chi connectivity index (χ0v) is 14.6. The maximum Gasteiger partial charge on any atom is 0.410 e. The van der Waals surface area contributed by atoms with Crippen molar-refractivity contribution in [1.29, 1.82) is 0 Å². The standard InChI is InChI=1S/C16H21N7O2/c1-16(2,3)25-15(24)22-8-4-5-11(10-22)23-13-9-18-7-6-12(13)19-14(23)20-21-17/h6-7,9,11H,4-5,8,10H2,1-3H3. The lowest BCUT2D eigenvalue weighted by Crippen LogP contribution is -2.43. The molecule has 9 nitrogen and oxygen atoms in total. The van der Waals surface area contributed by atoms with Gasteiger partial charge in [-0.1, -0.05) is 0 Å². The van der Waals surface area contributed by atoms with Gasteiger partial charge in [0, 0.05) is 24.2 Å². The molecule has 25 heavy (non-hydrogen) atoms. The van der Waals surface area contributed by atoms with Gasteiger partial charge in [0.25, 0.3) is 0 Å². The highest BCUT2D eigenvalue weighted by molar-refractivity contribution is 5.77. The van der Waals surface area contributed by atoms with Crippen LogP contribution in [-0.2, 0) is 4.74 Å². The summed E-state index contributed by atoms with van der Waals surface area (Å²) in [5, 5.41) is 3.72. The number of hydrogen-bond donors (Lipinski definition) is 0. The molecule has 0 radical (unpaired) electrons. The number of carbonyl (C=O) groups is 1. The number of nitrogens with zero attached hydrogens (tertiary/aromatic N) is 7. The number of imidazole rings is 1. The van der Waals surface area contributed by atoms with Crippen molar-refractivity contribution in [2.45, 2.75) is 45.3 Å². The van der Waals surface area contributed by atoms with Gasteiger partial charge in [0.1, 0.15) is 5.60 Å². The van der Waals surface area contributed by atoms with Crippen molar-refractivity contribution in [1.82, 2.24) is 19.4 Å². The van der Waals surface area contributed by atoms with E-state index in [1.165, 1.54) is 0 Å². The van der Waals surface area contributed by atoms with Crippen LogP contribution in [0.1, 0.15) is 39.7 Å². The van der Waals surface area contributed by atoms with E-state index in [0.717, 1.165) is 18.4 Å². The molecule has 2 aromatic rings. The predicted molar refractivity (Wildman–Crippen MR) is 92.4 cm³/mol. The van der Waals surface area contributed by atoms with Crippen LogP contribution in [0, 0.1) is 0 Å². The topological polar surface area (TPSA) is 109 Å². The quantitative estimate of drug-likeness (QED) is 0.467. The van der Waals surface area contributed by atoms with E-state index in [0.29, 0.717) is 24.6 Å². The Hall–Kier alpha value is -2.80. The van der Waals surface area contributed by atoms with Gasteiger partial charge in [-0.25, -0.2) is 9.78 Å². The van der Waals surface area contributed by atoms with Gasteiger partial charge in [-0.3, -0.25) is 4.98 Å². The fourth-order valence-electron chi connectivity index (χ4n) is 3.06. The first-order valence-corrected chi connectivity index (χ1v) is 8.24. The molecule has 132 valence electrons. The van der Waals surface area contributed by atoms with Gasteiger partial charge in [0.05, 0.1) is 23.3 Å². The molecule has 0 aromatic carbocycles. The minimum absolute atomic E-state index is 0.0454. The average Bonchev–Trinajstić information content (AvgIpc) is 2.92. The molecule has 1 amide bonds. The van der Waals surface area contributed by atoms with Crippen LogP contribution in [0.4, 0.5) is 10.7 Å². The smallest absolute Gasteiger partial charge is 0.410 e. The van der Waals surface area contributed by atoms with Crippen LogP contribution in [-0.4, -0.2) is 44.2 Å². The molecule has 1 atom stereocenters. The summed E-state index contributed by atoms with van der Waals surface area (Å²) in [6.45, 7) is 6.67. The second kappa shape index (κ2) is 6.60. The number of pyridine rings is 1. The largest absolute Gasteiger partial charge is 0.444 e. The van der Waals surface area contributed by atoms with Crippen molar-refractivity contribution < 1.29 is 9.53 Å². The van der Waals surface area contributed by atoms with Gasteiger partial charge < -0.3 is 14.2 Å². The molecule has 0 N–H and O–H groups in total. The Bertz CT molecular complexity index is 833. The van der Waals surface area contributed by atoms with Crippen LogP contribution >= 0.6 is 0 Å². The third kappa shape index (κ3) is 3.66. The van der Waals surface area contributed by atoms with E-state index in [-0.39, 0.29) is 12.1 Å². The number of aromatic nitrogens is 3. The van der Waals surface area contributed by atoms with Gasteiger partial charge in [0.15, 0.2) is 5.95 Å². The summed E-state index contributed by atoms with van der Waals surface area (Å²) in [4.78, 5) is 25.5. The van der Waals surface area contributed by atoms with E-state index < -0.39 is 5.60 Å². The van der Waals surface area contributed by atoms with Crippen molar-refractivity contribution in [3.05, 3.63) is 28.9 Å². The number of ether oxygens (including phenoxy) is 1. The zero-order valence-electron chi connectivity index (χ0n) is 14.6. The van der Waals surface area contributed by atoms with E-state index in [9.17, 15) is 4.79 Å². The molecule has 1 aliphatic rings. The molecule has 3 rings (SSSR count). The minimum atomic E-state index is -0.536. The van der Waals surface area contributed by atoms with Crippen LogP contribution in [0.2, 0.25) is 0 Å². The number of fused-ring (bicyclic) bond motifs is 1. The molecule has 1 aliphatic heterocycles. The van der Waals surface area contributed by atoms with Gasteiger partial charge in [-0.05, 0) is 50.3 Å². The van der Waals surface area contributed by atoms with E-state index in [4.69, 9.17) is 10.3 Å². The lowest BCUT2D eigenvalue weighted by Gasteiger charge is -2.35. The molecule has 1 saturated heterocycles.